The van der Waals surface area contributed by atoms with Crippen LogP contribution in [-0.2, 0) is 25.7 Å². The first kappa shape index (κ1) is 22.9. The van der Waals surface area contributed by atoms with Crippen LogP contribution < -0.4 is 22.6 Å². The first-order valence-corrected chi connectivity index (χ1v) is 12.6. The number of thioether (sulfide) groups is 1. The fraction of sp³-hybridized carbons (Fsp3) is 0.231. The molecule has 4 aromatic rings. The molecule has 2 heterocycles. The van der Waals surface area contributed by atoms with E-state index in [2.05, 4.69) is 51.1 Å². The van der Waals surface area contributed by atoms with Crippen LogP contribution in [-0.4, -0.2) is 26.2 Å². The summed E-state index contributed by atoms with van der Waals surface area (Å²) in [6.07, 6.45) is 5.41. The Bertz CT molecular complexity index is 1570. The smallest absolute Gasteiger partial charge is 0.260 e. The Kier molecular flexibility index (Phi) is 5.94. The summed E-state index contributed by atoms with van der Waals surface area (Å²) in [6, 6.07) is 12.3. The Morgan fingerprint density at radius 1 is 0.829 bits per heavy atom. The number of rotatable bonds is 1. The Hall–Kier alpha value is -3.85. The van der Waals surface area contributed by atoms with Crippen molar-refractivity contribution in [1.29, 1.82) is 0 Å². The van der Waals surface area contributed by atoms with Gasteiger partial charge >= 0.3 is 0 Å². The van der Waals surface area contributed by atoms with E-state index in [0.29, 0.717) is 11.1 Å². The van der Waals surface area contributed by atoms with E-state index in [4.69, 9.17) is 11.5 Å². The molecule has 2 aromatic carbocycles. The van der Waals surface area contributed by atoms with Gasteiger partial charge in [0.05, 0.1) is 22.5 Å². The molecule has 8 nitrogen and oxygen atoms in total. The highest BCUT2D eigenvalue weighted by atomic mass is 32.2. The van der Waals surface area contributed by atoms with Crippen molar-refractivity contribution in [2.45, 2.75) is 37.5 Å². The maximum absolute atomic E-state index is 12.1. The Balaban J connectivity index is 0.000000145. The zero-order valence-corrected chi connectivity index (χ0v) is 20.4. The molecule has 2 aliphatic carbocycles. The second kappa shape index (κ2) is 9.07. The highest BCUT2D eigenvalue weighted by molar-refractivity contribution is 7.98. The number of aromatic nitrogens is 4. The third-order valence-electron chi connectivity index (χ3n) is 6.53. The summed E-state index contributed by atoms with van der Waals surface area (Å²) in [7, 11) is 0. The lowest BCUT2D eigenvalue weighted by Crippen LogP contribution is -2.21. The second-order valence-corrected chi connectivity index (χ2v) is 9.55. The summed E-state index contributed by atoms with van der Waals surface area (Å²) in [4.78, 5) is 38.8. The Morgan fingerprint density at radius 3 is 2.11 bits per heavy atom. The van der Waals surface area contributed by atoms with E-state index < -0.39 is 0 Å². The van der Waals surface area contributed by atoms with E-state index in [-0.39, 0.29) is 23.0 Å². The molecule has 6 rings (SSSR count). The van der Waals surface area contributed by atoms with Gasteiger partial charge < -0.3 is 11.5 Å². The second-order valence-electron chi connectivity index (χ2n) is 8.67. The molecule has 0 saturated carbocycles. The summed E-state index contributed by atoms with van der Waals surface area (Å²) >= 11 is 1.67. The number of nitrogens with one attached hydrogen (secondary N) is 2. The van der Waals surface area contributed by atoms with E-state index in [9.17, 15) is 9.59 Å². The monoisotopic (exact) mass is 486 g/mol. The first-order chi connectivity index (χ1) is 16.9. The number of hydrogen-bond acceptors (Lipinski definition) is 7. The van der Waals surface area contributed by atoms with Crippen LogP contribution in [0, 0.1) is 6.92 Å². The molecule has 2 aliphatic rings. The van der Waals surface area contributed by atoms with Gasteiger partial charge in [-0.25, -0.2) is 9.97 Å². The van der Waals surface area contributed by atoms with Crippen molar-refractivity contribution in [3.63, 3.8) is 0 Å². The number of aromatic amines is 2. The number of nitrogens with zero attached hydrogens (tertiary/aromatic N) is 2. The van der Waals surface area contributed by atoms with Crippen molar-refractivity contribution in [1.82, 2.24) is 19.9 Å². The van der Waals surface area contributed by atoms with Crippen LogP contribution in [0.2, 0.25) is 0 Å². The minimum Gasteiger partial charge on any atom is -0.369 e. The number of nitrogens with two attached hydrogens (primary N) is 2. The van der Waals surface area contributed by atoms with Gasteiger partial charge in [0.1, 0.15) is 0 Å². The number of benzene rings is 2. The van der Waals surface area contributed by atoms with Gasteiger partial charge in [-0.15, -0.1) is 11.8 Å². The normalized spacial score (nSPS) is 13.0. The summed E-state index contributed by atoms with van der Waals surface area (Å²) in [5, 5.41) is 0. The molecular formula is C26H26N6O2S. The molecule has 0 aliphatic heterocycles. The topological polar surface area (TPSA) is 144 Å². The van der Waals surface area contributed by atoms with Crippen LogP contribution in [0.4, 0.5) is 11.9 Å². The van der Waals surface area contributed by atoms with Crippen molar-refractivity contribution >= 4 is 23.7 Å². The number of anilines is 2. The number of fused-ring (bicyclic) bond motifs is 6. The predicted molar refractivity (Wildman–Crippen MR) is 141 cm³/mol. The number of H-pyrrole nitrogens is 2. The molecule has 6 N–H and O–H groups in total. The molecule has 0 saturated heterocycles. The molecule has 0 amide bonds. The first-order valence-electron chi connectivity index (χ1n) is 11.4. The summed E-state index contributed by atoms with van der Waals surface area (Å²) in [5.41, 5.74) is 19.5. The molecule has 0 radical (unpaired) electrons. The molecule has 0 spiro atoms. The lowest BCUT2D eigenvalue weighted by atomic mass is 9.87. The van der Waals surface area contributed by atoms with Gasteiger partial charge in [0.2, 0.25) is 11.9 Å². The van der Waals surface area contributed by atoms with E-state index in [0.717, 1.165) is 53.1 Å². The minimum absolute atomic E-state index is 0.140. The molecule has 0 atom stereocenters. The fourth-order valence-corrected chi connectivity index (χ4v) is 5.33. The third kappa shape index (κ3) is 4.23. The van der Waals surface area contributed by atoms with Crippen molar-refractivity contribution in [3.8, 4) is 22.3 Å². The van der Waals surface area contributed by atoms with Crippen molar-refractivity contribution in [2.75, 3.05) is 17.7 Å². The summed E-state index contributed by atoms with van der Waals surface area (Å²) in [6.45, 7) is 2.07. The van der Waals surface area contributed by atoms with Crippen molar-refractivity contribution in [2.24, 2.45) is 0 Å². The standard InChI is InChI=1S/C13H13N3OS.C13H13N3O/c1-18-8-4-2-7-3-5-10-11(9(7)6-8)12(17)16-13(14)15-10;1-7-3-2-4-9-8(7)5-6-10-11(9)12(17)16-13(14)15-10/h2,4,6H,3,5H2,1H3,(H3,14,15,16,17);2-4H,5-6H2,1H3,(H3,14,15,16,17). The molecule has 178 valence electrons. The Labute approximate surface area is 206 Å². The summed E-state index contributed by atoms with van der Waals surface area (Å²) in [5.74, 6) is 0.396. The molecule has 0 unspecified atom stereocenters. The van der Waals surface area contributed by atoms with Crippen LogP contribution in [0.15, 0.2) is 50.9 Å². The molecule has 2 aromatic heterocycles. The average Bonchev–Trinajstić information content (AvgIpc) is 2.83. The fourth-order valence-electron chi connectivity index (χ4n) is 4.89. The van der Waals surface area contributed by atoms with Crippen LogP contribution in [0.3, 0.4) is 0 Å². The summed E-state index contributed by atoms with van der Waals surface area (Å²) < 4.78 is 0. The number of nitrogen functional groups attached to an aromatic ring is 2. The maximum atomic E-state index is 12.1. The minimum atomic E-state index is -0.142. The van der Waals surface area contributed by atoms with Gasteiger partial charge in [0.25, 0.3) is 11.1 Å². The lowest BCUT2D eigenvalue weighted by Gasteiger charge is -2.19. The molecule has 9 heteroatoms. The van der Waals surface area contributed by atoms with E-state index in [1.54, 1.807) is 11.8 Å². The van der Waals surface area contributed by atoms with Crippen LogP contribution in [0.5, 0.6) is 0 Å². The molecule has 35 heavy (non-hydrogen) atoms. The van der Waals surface area contributed by atoms with Crippen LogP contribution in [0.25, 0.3) is 22.3 Å². The molecular weight excluding hydrogens is 460 g/mol. The zero-order chi connectivity index (χ0) is 24.7. The van der Waals surface area contributed by atoms with Gasteiger partial charge in [-0.3, -0.25) is 19.6 Å². The van der Waals surface area contributed by atoms with Gasteiger partial charge in [-0.1, -0.05) is 24.3 Å². The van der Waals surface area contributed by atoms with Crippen molar-refractivity contribution in [3.05, 3.63) is 85.2 Å². The SMILES string of the molecule is CSc1ccc2c(c1)-c1c(nc(N)[nH]c1=O)CC2.Cc1cccc2c1CCc1nc(N)[nH]c(=O)c1-2. The third-order valence-corrected chi connectivity index (χ3v) is 7.26. The van der Waals surface area contributed by atoms with Gasteiger partial charge in [-0.2, -0.15) is 0 Å². The molecule has 0 bridgehead atoms. The highest BCUT2D eigenvalue weighted by Gasteiger charge is 2.22. The largest absolute Gasteiger partial charge is 0.369 e. The van der Waals surface area contributed by atoms with E-state index in [1.807, 2.05) is 18.4 Å². The van der Waals surface area contributed by atoms with Crippen molar-refractivity contribution < 1.29 is 0 Å². The highest BCUT2D eigenvalue weighted by Crippen LogP contribution is 2.33. The zero-order valence-electron chi connectivity index (χ0n) is 19.6. The molecule has 0 fully saturated rings. The maximum Gasteiger partial charge on any atom is 0.260 e. The number of aryl methyl sites for hydroxylation is 4. The lowest BCUT2D eigenvalue weighted by molar-refractivity contribution is 0.873. The Morgan fingerprint density at radius 2 is 1.46 bits per heavy atom. The van der Waals surface area contributed by atoms with Gasteiger partial charge in [-0.05, 0) is 78.8 Å². The predicted octanol–water partition coefficient (Wildman–Crippen LogP) is 3.27. The quantitative estimate of drug-likeness (QED) is 0.302. The number of hydrogen-bond donors (Lipinski definition) is 4. The van der Waals surface area contributed by atoms with Gasteiger partial charge in [0, 0.05) is 4.90 Å². The van der Waals surface area contributed by atoms with E-state index >= 15 is 0 Å². The van der Waals surface area contributed by atoms with Crippen LogP contribution in [0.1, 0.15) is 28.1 Å². The van der Waals surface area contributed by atoms with Gasteiger partial charge in [0.15, 0.2) is 0 Å². The van der Waals surface area contributed by atoms with E-state index in [1.165, 1.54) is 16.7 Å². The average molecular weight is 487 g/mol. The van der Waals surface area contributed by atoms with Crippen LogP contribution >= 0.6 is 11.8 Å².